The number of nitrogens with zero attached hydrogens (tertiary/aromatic N) is 1. The molecule has 4 amide bonds. The van der Waals surface area contributed by atoms with E-state index in [1.54, 1.807) is 57.2 Å². The van der Waals surface area contributed by atoms with Gasteiger partial charge in [0.05, 0.1) is 12.8 Å². The highest BCUT2D eigenvalue weighted by molar-refractivity contribution is 6.11. The molecule has 1 aliphatic rings. The summed E-state index contributed by atoms with van der Waals surface area (Å²) in [4.78, 5) is 50.6. The maximum Gasteiger partial charge on any atom is 0.325 e. The van der Waals surface area contributed by atoms with Crippen LogP contribution in [0.3, 0.4) is 0 Å². The van der Waals surface area contributed by atoms with Crippen LogP contribution in [0.5, 0.6) is 0 Å². The van der Waals surface area contributed by atoms with Gasteiger partial charge in [-0.05, 0) is 43.3 Å². The molecule has 0 bridgehead atoms. The van der Waals surface area contributed by atoms with Gasteiger partial charge in [0.2, 0.25) is 5.91 Å². The minimum absolute atomic E-state index is 0.145. The number of Topliss-reactive ketones (excluding diaryl/α,β-unsaturated/α-hetero) is 1. The molecule has 1 fully saturated rings. The van der Waals surface area contributed by atoms with Gasteiger partial charge in [-0.2, -0.15) is 0 Å². The Kier molecular flexibility index (Phi) is 5.04. The normalized spacial score (nSPS) is 19.2. The molecule has 0 radical (unpaired) electrons. The van der Waals surface area contributed by atoms with Crippen molar-refractivity contribution in [1.82, 2.24) is 10.2 Å². The number of nitrogens with one attached hydrogen (secondary N) is 2. The highest BCUT2D eigenvalue weighted by Crippen LogP contribution is 2.29. The van der Waals surface area contributed by atoms with Gasteiger partial charge >= 0.3 is 6.03 Å². The minimum Gasteiger partial charge on any atom is -0.466 e. The summed E-state index contributed by atoms with van der Waals surface area (Å²) < 4.78 is 5.26. The molecule has 0 aliphatic carbocycles. The second-order valence-corrected chi connectivity index (χ2v) is 8.13. The van der Waals surface area contributed by atoms with E-state index >= 15 is 0 Å². The molecular formula is C21H23N3O5. The van der Waals surface area contributed by atoms with Gasteiger partial charge in [-0.3, -0.25) is 19.3 Å². The van der Waals surface area contributed by atoms with E-state index in [4.69, 9.17) is 4.42 Å². The lowest BCUT2D eigenvalue weighted by atomic mass is 9.95. The van der Waals surface area contributed by atoms with E-state index in [2.05, 4.69) is 10.6 Å². The number of carbonyl (C=O) groups is 4. The molecule has 29 heavy (non-hydrogen) atoms. The highest BCUT2D eigenvalue weighted by atomic mass is 16.3. The van der Waals surface area contributed by atoms with E-state index in [-0.39, 0.29) is 5.91 Å². The summed E-state index contributed by atoms with van der Waals surface area (Å²) in [5.74, 6) is -0.802. The number of imide groups is 1. The first-order valence-electron chi connectivity index (χ1n) is 9.15. The monoisotopic (exact) mass is 397 g/mol. The van der Waals surface area contributed by atoms with Crippen molar-refractivity contribution in [1.29, 1.82) is 0 Å². The van der Waals surface area contributed by atoms with Crippen LogP contribution in [0.25, 0.3) is 0 Å². The zero-order chi connectivity index (χ0) is 21.4. The zero-order valence-corrected chi connectivity index (χ0v) is 16.7. The van der Waals surface area contributed by atoms with E-state index in [0.29, 0.717) is 17.0 Å². The van der Waals surface area contributed by atoms with Crippen LogP contribution in [0.1, 0.15) is 43.8 Å². The Balaban J connectivity index is 1.70. The van der Waals surface area contributed by atoms with Gasteiger partial charge in [0.25, 0.3) is 5.91 Å². The van der Waals surface area contributed by atoms with E-state index in [1.807, 2.05) is 0 Å². The Morgan fingerprint density at radius 2 is 1.79 bits per heavy atom. The molecule has 2 aromatic rings. The van der Waals surface area contributed by atoms with Crippen molar-refractivity contribution >= 4 is 29.3 Å². The third kappa shape index (κ3) is 3.91. The SMILES string of the molecule is CC(C)(C)C(=O)Nc1ccc(C(=O)CN2C(=O)NC(C)(c3ccco3)C2=O)cc1. The molecule has 0 spiro atoms. The molecule has 1 atom stereocenters. The van der Waals surface area contributed by atoms with E-state index < -0.39 is 35.2 Å². The van der Waals surface area contributed by atoms with Gasteiger partial charge in [0.1, 0.15) is 5.76 Å². The largest absolute Gasteiger partial charge is 0.466 e. The molecule has 1 aromatic carbocycles. The van der Waals surface area contributed by atoms with Crippen LogP contribution in [-0.4, -0.2) is 35.1 Å². The van der Waals surface area contributed by atoms with E-state index in [9.17, 15) is 19.2 Å². The number of benzene rings is 1. The quantitative estimate of drug-likeness (QED) is 0.596. The molecule has 0 saturated carbocycles. The Labute approximate surface area is 168 Å². The van der Waals surface area contributed by atoms with Crippen molar-refractivity contribution in [3.63, 3.8) is 0 Å². The van der Waals surface area contributed by atoms with Crippen LogP contribution in [0, 0.1) is 5.41 Å². The Morgan fingerprint density at radius 1 is 1.14 bits per heavy atom. The van der Waals surface area contributed by atoms with Gasteiger partial charge in [-0.1, -0.05) is 20.8 Å². The van der Waals surface area contributed by atoms with Crippen molar-refractivity contribution in [3.05, 3.63) is 54.0 Å². The summed E-state index contributed by atoms with van der Waals surface area (Å²) in [5.41, 5.74) is -1.01. The fraction of sp³-hybridized carbons (Fsp3) is 0.333. The average molecular weight is 397 g/mol. The predicted octanol–water partition coefficient (Wildman–Crippen LogP) is 2.91. The molecule has 1 unspecified atom stereocenters. The van der Waals surface area contributed by atoms with Crippen LogP contribution in [-0.2, 0) is 15.1 Å². The number of hydrogen-bond acceptors (Lipinski definition) is 5. The lowest BCUT2D eigenvalue weighted by Crippen LogP contribution is -2.41. The number of anilines is 1. The smallest absolute Gasteiger partial charge is 0.325 e. The third-order valence-corrected chi connectivity index (χ3v) is 4.74. The standard InChI is InChI=1S/C21H23N3O5/c1-20(2,3)17(26)22-14-9-7-13(8-10-14)15(25)12-24-18(27)21(4,23-19(24)28)16-6-5-11-29-16/h5-11H,12H2,1-4H3,(H,22,26)(H,23,28). The fourth-order valence-corrected chi connectivity index (χ4v) is 2.86. The summed E-state index contributed by atoms with van der Waals surface area (Å²) in [6.45, 7) is 6.54. The third-order valence-electron chi connectivity index (χ3n) is 4.74. The zero-order valence-electron chi connectivity index (χ0n) is 16.7. The maximum absolute atomic E-state index is 12.8. The first kappa shape index (κ1) is 20.3. The summed E-state index contributed by atoms with van der Waals surface area (Å²) in [6.07, 6.45) is 1.41. The lowest BCUT2D eigenvalue weighted by molar-refractivity contribution is -0.131. The van der Waals surface area contributed by atoms with Crippen LogP contribution < -0.4 is 10.6 Å². The van der Waals surface area contributed by atoms with Gasteiger partial charge in [0, 0.05) is 16.7 Å². The number of rotatable bonds is 5. The summed E-state index contributed by atoms with van der Waals surface area (Å²) >= 11 is 0. The van der Waals surface area contributed by atoms with Crippen molar-refractivity contribution in [3.8, 4) is 0 Å². The van der Waals surface area contributed by atoms with Gasteiger partial charge in [-0.15, -0.1) is 0 Å². The van der Waals surface area contributed by atoms with Crippen molar-refractivity contribution in [2.24, 2.45) is 5.41 Å². The summed E-state index contributed by atoms with van der Waals surface area (Å²) in [6, 6.07) is 8.86. The van der Waals surface area contributed by atoms with Crippen LogP contribution in [0.15, 0.2) is 47.1 Å². The predicted molar refractivity (Wildman–Crippen MR) is 105 cm³/mol. The first-order valence-corrected chi connectivity index (χ1v) is 9.15. The van der Waals surface area contributed by atoms with Crippen molar-refractivity contribution in [2.45, 2.75) is 33.2 Å². The van der Waals surface area contributed by atoms with Crippen LogP contribution in [0.4, 0.5) is 10.5 Å². The molecule has 3 rings (SSSR count). The van der Waals surface area contributed by atoms with Gasteiger partial charge in [0.15, 0.2) is 11.3 Å². The van der Waals surface area contributed by atoms with Gasteiger partial charge in [-0.25, -0.2) is 4.79 Å². The second-order valence-electron chi connectivity index (χ2n) is 8.13. The van der Waals surface area contributed by atoms with E-state index in [1.165, 1.54) is 13.2 Å². The fourth-order valence-electron chi connectivity index (χ4n) is 2.86. The maximum atomic E-state index is 12.8. The minimum atomic E-state index is -1.35. The topological polar surface area (TPSA) is 109 Å². The molecule has 1 saturated heterocycles. The second kappa shape index (κ2) is 7.20. The lowest BCUT2D eigenvalue weighted by Gasteiger charge is -2.19. The molecule has 8 nitrogen and oxygen atoms in total. The highest BCUT2D eigenvalue weighted by Gasteiger charge is 2.51. The number of hydrogen-bond donors (Lipinski definition) is 2. The van der Waals surface area contributed by atoms with Crippen molar-refractivity contribution in [2.75, 3.05) is 11.9 Å². The number of carbonyl (C=O) groups excluding carboxylic acids is 4. The number of urea groups is 1. The molecule has 152 valence electrons. The number of ketones is 1. The molecule has 1 aliphatic heterocycles. The molecule has 2 N–H and O–H groups in total. The van der Waals surface area contributed by atoms with Crippen LogP contribution >= 0.6 is 0 Å². The van der Waals surface area contributed by atoms with Gasteiger partial charge < -0.3 is 15.1 Å². The Morgan fingerprint density at radius 3 is 2.34 bits per heavy atom. The molecular weight excluding hydrogens is 374 g/mol. The Hall–Kier alpha value is -3.42. The Bertz CT molecular complexity index is 957. The first-order chi connectivity index (χ1) is 13.5. The average Bonchev–Trinajstić information content (AvgIpc) is 3.26. The summed E-state index contributed by atoms with van der Waals surface area (Å²) in [7, 11) is 0. The van der Waals surface area contributed by atoms with Crippen molar-refractivity contribution < 1.29 is 23.6 Å². The molecule has 1 aromatic heterocycles. The summed E-state index contributed by atoms with van der Waals surface area (Å²) in [5, 5.41) is 5.35. The number of furan rings is 1. The number of amides is 4. The van der Waals surface area contributed by atoms with Crippen LogP contribution in [0.2, 0.25) is 0 Å². The molecule has 2 heterocycles. The molecule has 8 heteroatoms. The van der Waals surface area contributed by atoms with E-state index in [0.717, 1.165) is 4.90 Å².